The maximum absolute atomic E-state index is 12.3. The van der Waals surface area contributed by atoms with Crippen LogP contribution in [-0.4, -0.2) is 28.6 Å². The second-order valence-corrected chi connectivity index (χ2v) is 5.84. The van der Waals surface area contributed by atoms with Crippen LogP contribution in [0.4, 0.5) is 0 Å². The van der Waals surface area contributed by atoms with Gasteiger partial charge in [-0.15, -0.1) is 0 Å². The molecule has 19 heavy (non-hydrogen) atoms. The third-order valence-electron chi connectivity index (χ3n) is 3.73. The van der Waals surface area contributed by atoms with Crippen molar-refractivity contribution in [3.8, 4) is 0 Å². The van der Waals surface area contributed by atoms with Crippen molar-refractivity contribution < 1.29 is 9.90 Å². The van der Waals surface area contributed by atoms with Gasteiger partial charge in [0.25, 0.3) is 0 Å². The fourth-order valence-corrected chi connectivity index (χ4v) is 2.73. The number of hydrogen-bond donors (Lipinski definition) is 1. The fraction of sp³-hybridized carbons (Fsp3) is 0.562. The summed E-state index contributed by atoms with van der Waals surface area (Å²) in [6, 6.07) is 10.0. The van der Waals surface area contributed by atoms with Crippen LogP contribution in [0.25, 0.3) is 0 Å². The highest BCUT2D eigenvalue weighted by Crippen LogP contribution is 2.26. The number of aliphatic hydroxyl groups is 1. The third-order valence-corrected chi connectivity index (χ3v) is 3.73. The van der Waals surface area contributed by atoms with E-state index in [0.717, 1.165) is 18.5 Å². The number of hydrogen-bond acceptors (Lipinski definition) is 2. The number of amides is 1. The van der Waals surface area contributed by atoms with Crippen LogP contribution in [0, 0.1) is 11.8 Å². The van der Waals surface area contributed by atoms with E-state index in [2.05, 4.69) is 13.8 Å². The van der Waals surface area contributed by atoms with Crippen molar-refractivity contribution in [1.29, 1.82) is 0 Å². The van der Waals surface area contributed by atoms with Gasteiger partial charge in [0.1, 0.15) is 0 Å². The summed E-state index contributed by atoms with van der Waals surface area (Å²) < 4.78 is 0. The first kappa shape index (κ1) is 14.1. The van der Waals surface area contributed by atoms with E-state index in [1.807, 2.05) is 35.2 Å². The van der Waals surface area contributed by atoms with Crippen LogP contribution in [0.2, 0.25) is 0 Å². The van der Waals surface area contributed by atoms with Gasteiger partial charge in [-0.05, 0) is 24.3 Å². The van der Waals surface area contributed by atoms with Crippen molar-refractivity contribution >= 4 is 5.91 Å². The van der Waals surface area contributed by atoms with Crippen LogP contribution >= 0.6 is 0 Å². The van der Waals surface area contributed by atoms with Crippen molar-refractivity contribution in [3.63, 3.8) is 0 Å². The lowest BCUT2D eigenvalue weighted by molar-refractivity contribution is -0.134. The Morgan fingerprint density at radius 1 is 1.32 bits per heavy atom. The third kappa shape index (κ3) is 3.57. The van der Waals surface area contributed by atoms with Crippen LogP contribution in [0.15, 0.2) is 30.3 Å². The average molecular weight is 261 g/mol. The van der Waals surface area contributed by atoms with Crippen molar-refractivity contribution in [3.05, 3.63) is 35.9 Å². The second kappa shape index (κ2) is 6.20. The number of carbonyl (C=O) groups is 1. The molecule has 0 aliphatic carbocycles. The quantitative estimate of drug-likeness (QED) is 0.884. The molecule has 1 aromatic carbocycles. The summed E-state index contributed by atoms with van der Waals surface area (Å²) in [6.45, 7) is 5.56. The molecule has 0 radical (unpaired) electrons. The summed E-state index contributed by atoms with van der Waals surface area (Å²) in [5, 5.41) is 10.1. The van der Waals surface area contributed by atoms with Gasteiger partial charge in [0.15, 0.2) is 0 Å². The molecule has 0 spiro atoms. The number of benzene rings is 1. The maximum Gasteiger partial charge on any atom is 0.228 e. The van der Waals surface area contributed by atoms with E-state index >= 15 is 0 Å². The van der Waals surface area contributed by atoms with Crippen LogP contribution in [-0.2, 0) is 11.3 Å². The predicted molar refractivity (Wildman–Crippen MR) is 75.4 cm³/mol. The molecule has 1 aliphatic heterocycles. The van der Waals surface area contributed by atoms with Gasteiger partial charge >= 0.3 is 0 Å². The normalized spacial score (nSPS) is 21.2. The minimum absolute atomic E-state index is 0.108. The van der Waals surface area contributed by atoms with Gasteiger partial charge < -0.3 is 10.0 Å². The first-order valence-electron chi connectivity index (χ1n) is 7.08. The van der Waals surface area contributed by atoms with Crippen molar-refractivity contribution in [2.24, 2.45) is 11.8 Å². The number of likely N-dealkylation sites (tertiary alicyclic amines) is 1. The van der Waals surface area contributed by atoms with Crippen LogP contribution < -0.4 is 0 Å². The average Bonchev–Trinajstić information content (AvgIpc) is 2.72. The van der Waals surface area contributed by atoms with E-state index in [1.165, 1.54) is 0 Å². The number of carbonyl (C=O) groups excluding carboxylic acids is 1. The van der Waals surface area contributed by atoms with Gasteiger partial charge in [-0.2, -0.15) is 0 Å². The first-order valence-corrected chi connectivity index (χ1v) is 7.08. The first-order chi connectivity index (χ1) is 9.08. The SMILES string of the molecule is CC(C)C[C@@H](O)[C@@H]1CCN(Cc2ccccc2)C1=O. The number of nitrogens with zero attached hydrogens (tertiary/aromatic N) is 1. The van der Waals surface area contributed by atoms with Crippen LogP contribution in [0.5, 0.6) is 0 Å². The van der Waals surface area contributed by atoms with Gasteiger partial charge in [-0.3, -0.25) is 4.79 Å². The van der Waals surface area contributed by atoms with Crippen LogP contribution in [0.1, 0.15) is 32.3 Å². The summed E-state index contributed by atoms with van der Waals surface area (Å²) in [5.41, 5.74) is 1.15. The van der Waals surface area contributed by atoms with E-state index in [0.29, 0.717) is 18.9 Å². The Balaban J connectivity index is 1.94. The van der Waals surface area contributed by atoms with E-state index < -0.39 is 6.10 Å². The summed E-state index contributed by atoms with van der Waals surface area (Å²) in [6.07, 6.45) is 0.989. The Morgan fingerprint density at radius 3 is 2.63 bits per heavy atom. The number of rotatable bonds is 5. The van der Waals surface area contributed by atoms with Gasteiger partial charge in [-0.1, -0.05) is 44.2 Å². The van der Waals surface area contributed by atoms with Gasteiger partial charge in [-0.25, -0.2) is 0 Å². The van der Waals surface area contributed by atoms with Crippen molar-refractivity contribution in [2.45, 2.75) is 39.3 Å². The highest BCUT2D eigenvalue weighted by molar-refractivity contribution is 5.81. The lowest BCUT2D eigenvalue weighted by Gasteiger charge is -2.20. The molecule has 0 unspecified atom stereocenters. The van der Waals surface area contributed by atoms with Crippen LogP contribution in [0.3, 0.4) is 0 Å². The number of aliphatic hydroxyl groups excluding tert-OH is 1. The molecule has 1 saturated heterocycles. The molecule has 1 heterocycles. The maximum atomic E-state index is 12.3. The van der Waals surface area contributed by atoms with E-state index in [-0.39, 0.29) is 11.8 Å². The van der Waals surface area contributed by atoms with E-state index in [9.17, 15) is 9.90 Å². The Bertz CT molecular complexity index is 416. The summed E-state index contributed by atoms with van der Waals surface area (Å²) >= 11 is 0. The van der Waals surface area contributed by atoms with E-state index in [4.69, 9.17) is 0 Å². The monoisotopic (exact) mass is 261 g/mol. The molecule has 1 aromatic rings. The molecule has 0 saturated carbocycles. The fourth-order valence-electron chi connectivity index (χ4n) is 2.73. The second-order valence-electron chi connectivity index (χ2n) is 5.84. The predicted octanol–water partition coefficient (Wildman–Crippen LogP) is 2.44. The Hall–Kier alpha value is -1.35. The topological polar surface area (TPSA) is 40.5 Å². The highest BCUT2D eigenvalue weighted by atomic mass is 16.3. The molecule has 1 fully saturated rings. The molecule has 1 amide bonds. The zero-order chi connectivity index (χ0) is 13.8. The molecule has 2 rings (SSSR count). The molecular formula is C16H23NO2. The van der Waals surface area contributed by atoms with Gasteiger partial charge in [0.2, 0.25) is 5.91 Å². The zero-order valence-corrected chi connectivity index (χ0v) is 11.7. The minimum atomic E-state index is -0.492. The summed E-state index contributed by atoms with van der Waals surface area (Å²) in [5.74, 6) is 0.328. The Labute approximate surface area is 115 Å². The molecule has 0 bridgehead atoms. The summed E-state index contributed by atoms with van der Waals surface area (Å²) in [7, 11) is 0. The molecular weight excluding hydrogens is 238 g/mol. The Kier molecular flexibility index (Phi) is 4.59. The molecule has 2 atom stereocenters. The standard InChI is InChI=1S/C16H23NO2/c1-12(2)10-15(18)14-8-9-17(16(14)19)11-13-6-4-3-5-7-13/h3-7,12,14-15,18H,8-11H2,1-2H3/t14-,15+/m0/s1. The van der Waals surface area contributed by atoms with Gasteiger partial charge in [0.05, 0.1) is 12.0 Å². The van der Waals surface area contributed by atoms with Gasteiger partial charge in [0, 0.05) is 13.1 Å². The molecule has 104 valence electrons. The molecule has 3 nitrogen and oxygen atoms in total. The van der Waals surface area contributed by atoms with Crippen molar-refractivity contribution in [2.75, 3.05) is 6.54 Å². The lowest BCUT2D eigenvalue weighted by atomic mass is 9.93. The molecule has 1 aliphatic rings. The zero-order valence-electron chi connectivity index (χ0n) is 11.7. The van der Waals surface area contributed by atoms with E-state index in [1.54, 1.807) is 0 Å². The lowest BCUT2D eigenvalue weighted by Crippen LogP contribution is -2.32. The largest absolute Gasteiger partial charge is 0.392 e. The molecule has 0 aromatic heterocycles. The minimum Gasteiger partial charge on any atom is -0.392 e. The smallest absolute Gasteiger partial charge is 0.228 e. The molecule has 3 heteroatoms. The van der Waals surface area contributed by atoms with Crippen molar-refractivity contribution in [1.82, 2.24) is 4.90 Å². The Morgan fingerprint density at radius 2 is 2.00 bits per heavy atom. The summed E-state index contributed by atoms with van der Waals surface area (Å²) in [4.78, 5) is 14.2. The molecule has 1 N–H and O–H groups in total. The highest BCUT2D eigenvalue weighted by Gasteiger charge is 2.36.